The molecule has 0 aliphatic carbocycles. The average molecular weight is 1050 g/mol. The molecule has 3 aromatic heterocycles. The number of nitrogens with zero attached hydrogens (tertiary/aromatic N) is 3. The van der Waals surface area contributed by atoms with Crippen LogP contribution in [0.15, 0.2) is 126 Å². The van der Waals surface area contributed by atoms with E-state index in [0.29, 0.717) is 11.4 Å². The second kappa shape index (κ2) is 17.1. The smallest absolute Gasteiger partial charge is 0.148 e. The van der Waals surface area contributed by atoms with Crippen molar-refractivity contribution in [1.82, 2.24) is 14.5 Å². The quantitative estimate of drug-likeness (QED) is 0.162. The molecule has 0 radical (unpaired) electrons. The standard InChI is InChI=1S/C60H62N3O2.Pt/c1-35(2)45-34-46-44-26-25-38(37-20-15-14-16-21-37)31-51(44)65-56(46)52(36(3)4)54(45)63-50-24-19-22-43(39-28-40(49-23-17-18-27-61-49)30-41(29-39)58(5,6)7)53(50)62-57(63)47-32-42(59(8,9)10)33-48(55(47)64)60(11,12)13;/h14-27,29-36,64H,1-13H3;/q-1;. The van der Waals surface area contributed by atoms with Gasteiger partial charge in [0, 0.05) is 54.9 Å². The molecule has 0 saturated heterocycles. The molecule has 1 N–H and O–H groups in total. The van der Waals surface area contributed by atoms with Gasteiger partial charge in [-0.05, 0) is 86.7 Å². The van der Waals surface area contributed by atoms with Crippen LogP contribution >= 0.6 is 0 Å². The Labute approximate surface area is 405 Å². The maximum absolute atomic E-state index is 12.7. The minimum atomic E-state index is -0.343. The Kier molecular flexibility index (Phi) is 12.1. The molecule has 6 aromatic carbocycles. The monoisotopic (exact) mass is 1050 g/mol. The number of phenolic OH excluding ortho intramolecular Hbond substituents is 1. The van der Waals surface area contributed by atoms with Crippen LogP contribution in [0.3, 0.4) is 0 Å². The molecule has 0 fully saturated rings. The number of rotatable bonds is 7. The van der Waals surface area contributed by atoms with E-state index in [1.165, 1.54) is 11.1 Å². The third kappa shape index (κ3) is 8.34. The van der Waals surface area contributed by atoms with Gasteiger partial charge in [0.15, 0.2) is 0 Å². The largest absolute Gasteiger partial charge is 0.507 e. The number of aromatic nitrogens is 3. The summed E-state index contributed by atoms with van der Waals surface area (Å²) >= 11 is 0. The van der Waals surface area contributed by atoms with Crippen molar-refractivity contribution >= 4 is 33.0 Å². The zero-order chi connectivity index (χ0) is 46.3. The number of pyridine rings is 1. The first-order chi connectivity index (χ1) is 30.7. The van der Waals surface area contributed by atoms with Crippen molar-refractivity contribution < 1.29 is 30.6 Å². The summed E-state index contributed by atoms with van der Waals surface area (Å²) in [7, 11) is 0. The first kappa shape index (κ1) is 46.7. The normalized spacial score (nSPS) is 12.5. The van der Waals surface area contributed by atoms with Gasteiger partial charge in [0.1, 0.15) is 22.7 Å². The number of para-hydroxylation sites is 1. The van der Waals surface area contributed by atoms with Crippen molar-refractivity contribution in [2.24, 2.45) is 0 Å². The molecule has 0 saturated carbocycles. The first-order valence-electron chi connectivity index (χ1n) is 23.2. The summed E-state index contributed by atoms with van der Waals surface area (Å²) in [6.07, 6.45) is 1.84. The summed E-state index contributed by atoms with van der Waals surface area (Å²) in [5, 5.41) is 14.9. The van der Waals surface area contributed by atoms with Crippen LogP contribution in [0.4, 0.5) is 0 Å². The van der Waals surface area contributed by atoms with Crippen LogP contribution in [0.1, 0.15) is 130 Å². The molecule has 0 amide bonds. The molecule has 6 heteroatoms. The molecular weight excluding hydrogens is 990 g/mol. The van der Waals surface area contributed by atoms with E-state index in [2.05, 4.69) is 192 Å². The summed E-state index contributed by atoms with van der Waals surface area (Å²) in [5.74, 6) is 1.12. The average Bonchev–Trinajstić information content (AvgIpc) is 3.83. The molecule has 0 aliphatic heterocycles. The maximum Gasteiger partial charge on any atom is 0.148 e. The van der Waals surface area contributed by atoms with E-state index >= 15 is 0 Å². The number of benzene rings is 6. The molecule has 0 unspecified atom stereocenters. The number of furan rings is 1. The first-order valence-corrected chi connectivity index (χ1v) is 23.2. The number of hydrogen-bond acceptors (Lipinski definition) is 4. The van der Waals surface area contributed by atoms with Gasteiger partial charge >= 0.3 is 0 Å². The Balaban J connectivity index is 0.00000592. The Morgan fingerprint density at radius 2 is 1.30 bits per heavy atom. The number of imidazole rings is 1. The molecule has 0 bridgehead atoms. The second-order valence-corrected chi connectivity index (χ2v) is 21.6. The van der Waals surface area contributed by atoms with Gasteiger partial charge in [0.05, 0.1) is 22.3 Å². The molecule has 9 aromatic rings. The topological polar surface area (TPSA) is 64.1 Å². The number of fused-ring (bicyclic) bond motifs is 4. The third-order valence-electron chi connectivity index (χ3n) is 13.0. The Bertz CT molecular complexity index is 3260. The van der Waals surface area contributed by atoms with E-state index in [4.69, 9.17) is 14.4 Å². The van der Waals surface area contributed by atoms with Crippen LogP contribution in [0.25, 0.3) is 83.6 Å². The van der Waals surface area contributed by atoms with Crippen LogP contribution in [0, 0.1) is 6.07 Å². The van der Waals surface area contributed by atoms with E-state index in [0.717, 1.165) is 88.9 Å². The Hall–Kier alpha value is -5.77. The van der Waals surface area contributed by atoms with Gasteiger partial charge in [-0.15, -0.1) is 29.3 Å². The fourth-order valence-electron chi connectivity index (χ4n) is 9.32. The Morgan fingerprint density at radius 1 is 0.621 bits per heavy atom. The summed E-state index contributed by atoms with van der Waals surface area (Å²) in [6, 6.07) is 44.6. The molecule has 0 spiro atoms. The minimum Gasteiger partial charge on any atom is -0.507 e. The third-order valence-corrected chi connectivity index (χ3v) is 13.0. The fourth-order valence-corrected chi connectivity index (χ4v) is 9.32. The van der Waals surface area contributed by atoms with Crippen molar-refractivity contribution in [2.45, 2.75) is 118 Å². The van der Waals surface area contributed by atoms with Gasteiger partial charge in [-0.3, -0.25) is 9.55 Å². The van der Waals surface area contributed by atoms with Crippen LogP contribution in [0.2, 0.25) is 0 Å². The van der Waals surface area contributed by atoms with Gasteiger partial charge in [-0.25, -0.2) is 4.98 Å². The summed E-state index contributed by atoms with van der Waals surface area (Å²) < 4.78 is 9.43. The van der Waals surface area contributed by atoms with Crippen molar-refractivity contribution in [3.8, 4) is 56.3 Å². The van der Waals surface area contributed by atoms with Gasteiger partial charge in [-0.1, -0.05) is 168 Å². The van der Waals surface area contributed by atoms with Crippen molar-refractivity contribution in [3.05, 3.63) is 155 Å². The molecular formula is C60H62N3O2Pt-. The zero-order valence-corrected chi connectivity index (χ0v) is 43.0. The zero-order valence-electron chi connectivity index (χ0n) is 40.7. The van der Waals surface area contributed by atoms with Crippen molar-refractivity contribution in [2.75, 3.05) is 0 Å². The van der Waals surface area contributed by atoms with Gasteiger partial charge in [0.2, 0.25) is 0 Å². The van der Waals surface area contributed by atoms with E-state index in [1.807, 2.05) is 30.5 Å². The predicted molar refractivity (Wildman–Crippen MR) is 273 cm³/mol. The molecule has 5 nitrogen and oxygen atoms in total. The van der Waals surface area contributed by atoms with E-state index < -0.39 is 0 Å². The Morgan fingerprint density at radius 3 is 1.94 bits per heavy atom. The summed E-state index contributed by atoms with van der Waals surface area (Å²) in [4.78, 5) is 10.5. The molecule has 9 rings (SSSR count). The van der Waals surface area contributed by atoms with E-state index in [-0.39, 0.29) is 54.9 Å². The molecule has 0 aliphatic rings. The molecule has 3 heterocycles. The van der Waals surface area contributed by atoms with Gasteiger partial charge in [-0.2, -0.15) is 0 Å². The van der Waals surface area contributed by atoms with E-state index in [9.17, 15) is 5.11 Å². The van der Waals surface area contributed by atoms with Crippen LogP contribution in [-0.2, 0) is 37.3 Å². The minimum absolute atomic E-state index is 0. The van der Waals surface area contributed by atoms with Gasteiger partial charge < -0.3 is 9.52 Å². The van der Waals surface area contributed by atoms with Gasteiger partial charge in [0.25, 0.3) is 0 Å². The number of phenols is 1. The molecule has 0 atom stereocenters. The van der Waals surface area contributed by atoms with Crippen LogP contribution in [-0.4, -0.2) is 19.6 Å². The molecule has 66 heavy (non-hydrogen) atoms. The van der Waals surface area contributed by atoms with Crippen LogP contribution < -0.4 is 0 Å². The summed E-state index contributed by atoms with van der Waals surface area (Å²) in [5.41, 5.74) is 16.0. The fraction of sp³-hybridized carbons (Fsp3) is 0.300. The second-order valence-electron chi connectivity index (χ2n) is 21.6. The SMILES string of the molecule is CC(C)c1cc2c(oc3cc(-c4ccccc4)ccc32)c(C(C)C)c1-n1c(-c2cc(C(C)(C)C)cc(C(C)(C)C)c2O)nc2c(-c3[c-]c(-c4ccccn4)cc(C(C)(C)C)c3)cccc21.[Pt]. The number of hydrogen-bond donors (Lipinski definition) is 1. The summed E-state index contributed by atoms with van der Waals surface area (Å²) in [6.45, 7) is 29.0. The van der Waals surface area contributed by atoms with Crippen LogP contribution in [0.5, 0.6) is 5.75 Å². The van der Waals surface area contributed by atoms with Crippen molar-refractivity contribution in [1.29, 1.82) is 0 Å². The maximum atomic E-state index is 12.7. The molecule has 340 valence electrons. The number of aromatic hydroxyl groups is 1. The van der Waals surface area contributed by atoms with E-state index in [1.54, 1.807) is 0 Å². The van der Waals surface area contributed by atoms with Crippen molar-refractivity contribution in [3.63, 3.8) is 0 Å². The predicted octanol–water partition coefficient (Wildman–Crippen LogP) is 16.6.